The molecule has 10 heteroatoms. The van der Waals surface area contributed by atoms with Gasteiger partial charge in [-0.3, -0.25) is 14.9 Å². The minimum atomic E-state index is -0.628. The number of hydroxylamine groups is 1. The van der Waals surface area contributed by atoms with E-state index < -0.39 is 5.91 Å². The summed E-state index contributed by atoms with van der Waals surface area (Å²) >= 11 is 0. The number of benzene rings is 1. The Hall–Kier alpha value is -3.73. The molecule has 186 valence electrons. The van der Waals surface area contributed by atoms with E-state index in [1.165, 1.54) is 29.0 Å². The van der Waals surface area contributed by atoms with Gasteiger partial charge in [0.25, 0.3) is 5.91 Å². The van der Waals surface area contributed by atoms with E-state index in [2.05, 4.69) is 67.0 Å². The Kier molecular flexibility index (Phi) is 5.92. The molecule has 4 aromatic rings. The van der Waals surface area contributed by atoms with Crippen molar-refractivity contribution in [1.29, 1.82) is 0 Å². The van der Waals surface area contributed by atoms with Gasteiger partial charge in [0.15, 0.2) is 0 Å². The lowest BCUT2D eigenvalue weighted by molar-refractivity contribution is 0.0705. The van der Waals surface area contributed by atoms with Crippen LogP contribution < -0.4 is 10.4 Å². The number of nitrogens with zero attached hydrogens (tertiary/aromatic N) is 5. The summed E-state index contributed by atoms with van der Waals surface area (Å²) in [6.07, 6.45) is 3.69. The highest BCUT2D eigenvalue weighted by Crippen LogP contribution is 2.33. The number of rotatable bonds is 5. The van der Waals surface area contributed by atoms with Crippen molar-refractivity contribution in [3.63, 3.8) is 0 Å². The number of likely N-dealkylation sites (N-methyl/N-ethyl adjacent to an activating group) is 1. The molecule has 2 aliphatic heterocycles. The summed E-state index contributed by atoms with van der Waals surface area (Å²) in [5.41, 5.74) is 6.42. The molecule has 0 spiro atoms. The third-order valence-electron chi connectivity index (χ3n) is 7.18. The van der Waals surface area contributed by atoms with Crippen LogP contribution in [0, 0.1) is 0 Å². The molecule has 2 aliphatic rings. The van der Waals surface area contributed by atoms with Crippen molar-refractivity contribution in [3.05, 3.63) is 65.3 Å². The average molecular weight is 488 g/mol. The van der Waals surface area contributed by atoms with Crippen LogP contribution in [0.5, 0.6) is 0 Å². The number of hydrogen-bond acceptors (Lipinski definition) is 8. The highest BCUT2D eigenvalue weighted by molar-refractivity contribution is 5.92. The molecule has 6 rings (SSSR count). The first-order chi connectivity index (χ1) is 17.6. The summed E-state index contributed by atoms with van der Waals surface area (Å²) in [6, 6.07) is 10.6. The van der Waals surface area contributed by atoms with Gasteiger partial charge in [-0.25, -0.2) is 15.4 Å². The van der Waals surface area contributed by atoms with Crippen LogP contribution in [0.4, 0.5) is 5.95 Å². The van der Waals surface area contributed by atoms with Gasteiger partial charge in [-0.15, -0.1) is 0 Å². The zero-order valence-electron chi connectivity index (χ0n) is 20.2. The Bertz CT molecular complexity index is 1390. The zero-order chi connectivity index (χ0) is 24.6. The molecular weight excluding hydrogens is 458 g/mol. The standard InChI is InChI=1S/C26H29N7O3/c1-31-8-10-32(11-9-31)15-19-3-5-24(36-19)17-2-4-22-20(12-17)21-16-33(7-6-23(21)29-22)26-27-13-18(14-28-26)25(34)30-35/h2-5,12-14,29,35H,6-11,15-16H2,1H3,(H,30,34). The molecule has 1 aromatic carbocycles. The van der Waals surface area contributed by atoms with Crippen molar-refractivity contribution >= 4 is 22.8 Å². The van der Waals surface area contributed by atoms with Gasteiger partial charge in [0.05, 0.1) is 12.1 Å². The fourth-order valence-electron chi connectivity index (χ4n) is 5.05. The largest absolute Gasteiger partial charge is 0.460 e. The Balaban J connectivity index is 1.22. The van der Waals surface area contributed by atoms with Gasteiger partial charge in [-0.2, -0.15) is 0 Å². The predicted octanol–water partition coefficient (Wildman–Crippen LogP) is 2.65. The minimum Gasteiger partial charge on any atom is -0.460 e. The summed E-state index contributed by atoms with van der Waals surface area (Å²) in [4.78, 5) is 30.7. The number of piperazine rings is 1. The first-order valence-corrected chi connectivity index (χ1v) is 12.2. The van der Waals surface area contributed by atoms with Crippen molar-refractivity contribution < 1.29 is 14.4 Å². The average Bonchev–Trinajstić information content (AvgIpc) is 3.53. The van der Waals surface area contributed by atoms with Crippen molar-refractivity contribution in [2.24, 2.45) is 0 Å². The van der Waals surface area contributed by atoms with E-state index in [1.807, 2.05) is 0 Å². The highest BCUT2D eigenvalue weighted by atomic mass is 16.5. The van der Waals surface area contributed by atoms with Crippen LogP contribution in [0.2, 0.25) is 0 Å². The van der Waals surface area contributed by atoms with Crippen LogP contribution in [0.3, 0.4) is 0 Å². The Morgan fingerprint density at radius 3 is 2.69 bits per heavy atom. The molecule has 0 atom stereocenters. The fraction of sp³-hybridized carbons (Fsp3) is 0.346. The van der Waals surface area contributed by atoms with Crippen LogP contribution in [-0.4, -0.2) is 75.6 Å². The lowest BCUT2D eigenvalue weighted by Gasteiger charge is -2.31. The molecule has 3 aromatic heterocycles. The maximum absolute atomic E-state index is 11.6. The Morgan fingerprint density at radius 2 is 1.92 bits per heavy atom. The Morgan fingerprint density at radius 1 is 1.11 bits per heavy atom. The number of amides is 1. The van der Waals surface area contributed by atoms with E-state index in [4.69, 9.17) is 9.62 Å². The minimum absolute atomic E-state index is 0.209. The van der Waals surface area contributed by atoms with Crippen LogP contribution in [0.1, 0.15) is 27.4 Å². The predicted molar refractivity (Wildman–Crippen MR) is 135 cm³/mol. The molecule has 1 amide bonds. The number of aromatic amines is 1. The van der Waals surface area contributed by atoms with E-state index in [1.54, 1.807) is 5.48 Å². The molecule has 0 bridgehead atoms. The van der Waals surface area contributed by atoms with Gasteiger partial charge in [0, 0.05) is 85.8 Å². The first kappa shape index (κ1) is 22.7. The summed E-state index contributed by atoms with van der Waals surface area (Å²) in [6.45, 7) is 6.57. The van der Waals surface area contributed by atoms with Crippen molar-refractivity contribution in [2.75, 3.05) is 44.7 Å². The summed E-state index contributed by atoms with van der Waals surface area (Å²) in [5, 5.41) is 9.97. The molecule has 1 saturated heterocycles. The van der Waals surface area contributed by atoms with Gasteiger partial charge < -0.3 is 19.2 Å². The molecule has 10 nitrogen and oxygen atoms in total. The van der Waals surface area contributed by atoms with Gasteiger partial charge >= 0.3 is 0 Å². The molecule has 1 fully saturated rings. The number of fused-ring (bicyclic) bond motifs is 3. The molecule has 3 N–H and O–H groups in total. The number of carbonyl (C=O) groups excluding carboxylic acids is 1. The second-order valence-corrected chi connectivity index (χ2v) is 9.57. The second-order valence-electron chi connectivity index (χ2n) is 9.57. The number of nitrogens with one attached hydrogen (secondary N) is 2. The van der Waals surface area contributed by atoms with E-state index in [0.29, 0.717) is 12.5 Å². The lowest BCUT2D eigenvalue weighted by atomic mass is 10.0. The highest BCUT2D eigenvalue weighted by Gasteiger charge is 2.23. The quantitative estimate of drug-likeness (QED) is 0.291. The van der Waals surface area contributed by atoms with E-state index in [9.17, 15) is 4.79 Å². The third kappa shape index (κ3) is 4.34. The first-order valence-electron chi connectivity index (χ1n) is 12.2. The number of hydrogen-bond donors (Lipinski definition) is 3. The number of H-pyrrole nitrogens is 1. The maximum Gasteiger partial charge on any atom is 0.277 e. The molecule has 0 unspecified atom stereocenters. The smallest absolute Gasteiger partial charge is 0.277 e. The van der Waals surface area contributed by atoms with Crippen LogP contribution in [0.15, 0.2) is 47.1 Å². The van der Waals surface area contributed by atoms with Crippen LogP contribution in [-0.2, 0) is 19.5 Å². The summed E-state index contributed by atoms with van der Waals surface area (Å²) in [7, 11) is 2.17. The number of carbonyl (C=O) groups is 1. The number of aromatic nitrogens is 3. The molecule has 0 aliphatic carbocycles. The maximum atomic E-state index is 11.6. The van der Waals surface area contributed by atoms with Gasteiger partial charge in [0.2, 0.25) is 5.95 Å². The topological polar surface area (TPSA) is 114 Å². The van der Waals surface area contributed by atoms with Crippen molar-refractivity contribution in [1.82, 2.24) is 30.2 Å². The fourth-order valence-corrected chi connectivity index (χ4v) is 5.05. The lowest BCUT2D eigenvalue weighted by Crippen LogP contribution is -2.43. The second kappa shape index (κ2) is 9.38. The van der Waals surface area contributed by atoms with Crippen LogP contribution in [0.25, 0.3) is 22.2 Å². The third-order valence-corrected chi connectivity index (χ3v) is 7.18. The monoisotopic (exact) mass is 487 g/mol. The van der Waals surface area contributed by atoms with E-state index in [-0.39, 0.29) is 5.56 Å². The molecule has 0 saturated carbocycles. The van der Waals surface area contributed by atoms with Crippen molar-refractivity contribution in [3.8, 4) is 11.3 Å². The summed E-state index contributed by atoms with van der Waals surface area (Å²) in [5.74, 6) is 1.80. The SMILES string of the molecule is CN1CCN(Cc2ccc(-c3ccc4[nH]c5c(c4c3)CN(c3ncc(C(=O)NO)cn3)CC5)o2)CC1. The molecule has 0 radical (unpaired) electrons. The molecular formula is C26H29N7O3. The number of furan rings is 1. The van der Waals surface area contributed by atoms with E-state index in [0.717, 1.165) is 68.3 Å². The van der Waals surface area contributed by atoms with Gasteiger partial charge in [0.1, 0.15) is 11.5 Å². The molecule has 5 heterocycles. The van der Waals surface area contributed by atoms with Gasteiger partial charge in [-0.05, 0) is 37.4 Å². The molecule has 36 heavy (non-hydrogen) atoms. The zero-order valence-corrected chi connectivity index (χ0v) is 20.2. The van der Waals surface area contributed by atoms with Crippen LogP contribution >= 0.6 is 0 Å². The number of anilines is 1. The van der Waals surface area contributed by atoms with Gasteiger partial charge in [-0.1, -0.05) is 0 Å². The van der Waals surface area contributed by atoms with Crippen molar-refractivity contribution in [2.45, 2.75) is 19.5 Å². The van der Waals surface area contributed by atoms with E-state index >= 15 is 0 Å². The Labute approximate surface area is 208 Å². The summed E-state index contributed by atoms with van der Waals surface area (Å²) < 4.78 is 6.25. The normalized spacial score (nSPS) is 16.9.